The largest absolute Gasteiger partial charge is 0.347 e. The van der Waals surface area contributed by atoms with Gasteiger partial charge in [0.05, 0.1) is 5.02 Å². The normalized spacial score (nSPS) is 10.1. The van der Waals surface area contributed by atoms with E-state index in [9.17, 15) is 4.79 Å². The Morgan fingerprint density at radius 1 is 1.38 bits per heavy atom. The Bertz CT molecular complexity index is 484. The predicted molar refractivity (Wildman–Crippen MR) is 64.7 cm³/mol. The second-order valence-electron chi connectivity index (χ2n) is 3.14. The summed E-state index contributed by atoms with van der Waals surface area (Å²) >= 11 is 7.19. The second-order valence-corrected chi connectivity index (χ2v) is 4.46. The number of hydrogen-bond donors (Lipinski definition) is 1. The van der Waals surface area contributed by atoms with E-state index in [1.165, 1.54) is 11.3 Å². The van der Waals surface area contributed by atoms with Crippen molar-refractivity contribution in [3.63, 3.8) is 0 Å². The summed E-state index contributed by atoms with van der Waals surface area (Å²) in [6, 6.07) is 5.43. The molecule has 2 heterocycles. The summed E-state index contributed by atoms with van der Waals surface area (Å²) in [5.41, 5.74) is 1.01. The van der Waals surface area contributed by atoms with Crippen molar-refractivity contribution in [1.82, 2.24) is 10.3 Å². The average Bonchev–Trinajstić information content (AvgIpc) is 2.74. The zero-order chi connectivity index (χ0) is 11.4. The zero-order valence-corrected chi connectivity index (χ0v) is 9.89. The fraction of sp³-hybridized carbons (Fsp3) is 0.0909. The SMILES string of the molecule is O=C(NCc1ccncc1)c1sccc1Cl. The van der Waals surface area contributed by atoms with Gasteiger partial charge in [0, 0.05) is 18.9 Å². The summed E-state index contributed by atoms with van der Waals surface area (Å²) in [5, 5.41) is 5.09. The van der Waals surface area contributed by atoms with Crippen molar-refractivity contribution in [3.8, 4) is 0 Å². The Labute approximate surface area is 102 Å². The number of rotatable bonds is 3. The van der Waals surface area contributed by atoms with Crippen LogP contribution in [0.4, 0.5) is 0 Å². The van der Waals surface area contributed by atoms with Crippen LogP contribution < -0.4 is 5.32 Å². The number of nitrogens with one attached hydrogen (secondary N) is 1. The molecule has 0 saturated carbocycles. The Morgan fingerprint density at radius 2 is 2.12 bits per heavy atom. The maximum atomic E-state index is 11.7. The minimum absolute atomic E-state index is 0.142. The van der Waals surface area contributed by atoms with Gasteiger partial charge in [-0.1, -0.05) is 11.6 Å². The lowest BCUT2D eigenvalue weighted by Gasteiger charge is -2.03. The van der Waals surface area contributed by atoms with E-state index in [-0.39, 0.29) is 5.91 Å². The predicted octanol–water partition coefficient (Wildman–Crippen LogP) is 2.73. The molecule has 2 aromatic heterocycles. The van der Waals surface area contributed by atoms with Crippen molar-refractivity contribution < 1.29 is 4.79 Å². The number of amides is 1. The maximum Gasteiger partial charge on any atom is 0.263 e. The summed E-state index contributed by atoms with van der Waals surface area (Å²) in [7, 11) is 0. The van der Waals surface area contributed by atoms with Crippen LogP contribution in [0.5, 0.6) is 0 Å². The molecule has 0 aliphatic rings. The van der Waals surface area contributed by atoms with Gasteiger partial charge < -0.3 is 5.32 Å². The first-order valence-corrected chi connectivity index (χ1v) is 5.93. The van der Waals surface area contributed by atoms with Crippen molar-refractivity contribution in [2.45, 2.75) is 6.54 Å². The van der Waals surface area contributed by atoms with Crippen LogP contribution in [-0.4, -0.2) is 10.9 Å². The molecule has 0 unspecified atom stereocenters. The molecule has 3 nitrogen and oxygen atoms in total. The first kappa shape index (κ1) is 11.1. The molecule has 0 radical (unpaired) electrons. The molecular weight excluding hydrogens is 244 g/mol. The third-order valence-corrected chi connectivity index (χ3v) is 3.37. The van der Waals surface area contributed by atoms with Gasteiger partial charge in [0.25, 0.3) is 5.91 Å². The van der Waals surface area contributed by atoms with Crippen molar-refractivity contribution in [2.75, 3.05) is 0 Å². The molecule has 0 bridgehead atoms. The highest BCUT2D eigenvalue weighted by atomic mass is 35.5. The highest BCUT2D eigenvalue weighted by Gasteiger charge is 2.10. The number of halogens is 1. The number of carbonyl (C=O) groups excluding carboxylic acids is 1. The van der Waals surface area contributed by atoms with Gasteiger partial charge in [0.1, 0.15) is 4.88 Å². The van der Waals surface area contributed by atoms with Crippen LogP contribution in [0.3, 0.4) is 0 Å². The van der Waals surface area contributed by atoms with Crippen LogP contribution in [0.25, 0.3) is 0 Å². The van der Waals surface area contributed by atoms with Gasteiger partial charge in [-0.3, -0.25) is 9.78 Å². The number of aromatic nitrogens is 1. The van der Waals surface area contributed by atoms with E-state index in [0.717, 1.165) is 5.56 Å². The number of carbonyl (C=O) groups is 1. The molecule has 5 heteroatoms. The van der Waals surface area contributed by atoms with E-state index in [4.69, 9.17) is 11.6 Å². The van der Waals surface area contributed by atoms with E-state index in [1.54, 1.807) is 23.8 Å². The fourth-order valence-corrected chi connectivity index (χ4v) is 2.28. The van der Waals surface area contributed by atoms with Crippen molar-refractivity contribution in [3.05, 3.63) is 51.4 Å². The van der Waals surface area contributed by atoms with Gasteiger partial charge in [0.2, 0.25) is 0 Å². The third kappa shape index (κ3) is 2.59. The first-order chi connectivity index (χ1) is 7.77. The first-order valence-electron chi connectivity index (χ1n) is 4.67. The Hall–Kier alpha value is -1.39. The smallest absolute Gasteiger partial charge is 0.263 e. The van der Waals surface area contributed by atoms with E-state index >= 15 is 0 Å². The van der Waals surface area contributed by atoms with E-state index in [1.807, 2.05) is 12.1 Å². The summed E-state index contributed by atoms with van der Waals surface area (Å²) in [5.74, 6) is -0.142. The molecule has 1 N–H and O–H groups in total. The molecule has 0 saturated heterocycles. The van der Waals surface area contributed by atoms with Crippen LogP contribution in [0.2, 0.25) is 5.02 Å². The molecule has 82 valence electrons. The number of pyridine rings is 1. The molecule has 0 aromatic carbocycles. The van der Waals surface area contributed by atoms with Crippen molar-refractivity contribution in [2.24, 2.45) is 0 Å². The fourth-order valence-electron chi connectivity index (χ4n) is 1.22. The molecule has 0 fully saturated rings. The Morgan fingerprint density at radius 3 is 2.75 bits per heavy atom. The van der Waals surface area contributed by atoms with E-state index in [0.29, 0.717) is 16.4 Å². The third-order valence-electron chi connectivity index (χ3n) is 2.03. The zero-order valence-electron chi connectivity index (χ0n) is 8.31. The summed E-state index contributed by atoms with van der Waals surface area (Å²) in [4.78, 5) is 16.2. The molecule has 0 atom stereocenters. The lowest BCUT2D eigenvalue weighted by atomic mass is 10.2. The highest BCUT2D eigenvalue weighted by Crippen LogP contribution is 2.21. The highest BCUT2D eigenvalue weighted by molar-refractivity contribution is 7.12. The molecule has 1 amide bonds. The lowest BCUT2D eigenvalue weighted by Crippen LogP contribution is -2.22. The molecule has 0 aliphatic carbocycles. The molecule has 0 spiro atoms. The number of hydrogen-bond acceptors (Lipinski definition) is 3. The number of thiophene rings is 1. The molecule has 2 rings (SSSR count). The van der Waals surface area contributed by atoms with Gasteiger partial charge in [0.15, 0.2) is 0 Å². The molecular formula is C11H9ClN2OS. The van der Waals surface area contributed by atoms with E-state index < -0.39 is 0 Å². The van der Waals surface area contributed by atoms with Gasteiger partial charge >= 0.3 is 0 Å². The minimum atomic E-state index is -0.142. The Kier molecular flexibility index (Phi) is 3.54. The maximum absolute atomic E-state index is 11.7. The van der Waals surface area contributed by atoms with Gasteiger partial charge in [-0.05, 0) is 29.1 Å². The van der Waals surface area contributed by atoms with E-state index in [2.05, 4.69) is 10.3 Å². The summed E-state index contributed by atoms with van der Waals surface area (Å²) < 4.78 is 0. The van der Waals surface area contributed by atoms with Crippen molar-refractivity contribution >= 4 is 28.8 Å². The van der Waals surface area contributed by atoms with Crippen LogP contribution in [0.15, 0.2) is 36.0 Å². The number of nitrogens with zero attached hydrogens (tertiary/aromatic N) is 1. The molecule has 16 heavy (non-hydrogen) atoms. The van der Waals surface area contributed by atoms with Crippen LogP contribution >= 0.6 is 22.9 Å². The lowest BCUT2D eigenvalue weighted by molar-refractivity contribution is 0.0955. The Balaban J connectivity index is 1.97. The molecule has 2 aromatic rings. The van der Waals surface area contributed by atoms with Gasteiger partial charge in [-0.15, -0.1) is 11.3 Å². The van der Waals surface area contributed by atoms with Crippen LogP contribution in [0, 0.1) is 0 Å². The van der Waals surface area contributed by atoms with Gasteiger partial charge in [-0.2, -0.15) is 0 Å². The minimum Gasteiger partial charge on any atom is -0.347 e. The second kappa shape index (κ2) is 5.09. The van der Waals surface area contributed by atoms with Crippen LogP contribution in [0.1, 0.15) is 15.2 Å². The van der Waals surface area contributed by atoms with Crippen LogP contribution in [-0.2, 0) is 6.54 Å². The topological polar surface area (TPSA) is 42.0 Å². The standard InChI is InChI=1S/C11H9ClN2OS/c12-9-3-6-16-10(9)11(15)14-7-8-1-4-13-5-2-8/h1-6H,7H2,(H,14,15). The quantitative estimate of drug-likeness (QED) is 0.913. The van der Waals surface area contributed by atoms with Crippen molar-refractivity contribution in [1.29, 1.82) is 0 Å². The summed E-state index contributed by atoms with van der Waals surface area (Å²) in [6.45, 7) is 0.482. The average molecular weight is 253 g/mol. The monoisotopic (exact) mass is 252 g/mol. The summed E-state index contributed by atoms with van der Waals surface area (Å²) in [6.07, 6.45) is 3.39. The van der Waals surface area contributed by atoms with Gasteiger partial charge in [-0.25, -0.2) is 0 Å². The molecule has 0 aliphatic heterocycles.